The fourth-order valence-electron chi connectivity index (χ4n) is 8.77. The Bertz CT molecular complexity index is 551. The van der Waals surface area contributed by atoms with Gasteiger partial charge in [-0.3, -0.25) is 0 Å². The lowest BCUT2D eigenvalue weighted by Crippen LogP contribution is -2.53. The molecular weight excluding hydrogens is 344 g/mol. The average molecular weight is 391 g/mol. The zero-order valence-electron chi connectivity index (χ0n) is 19.1. The Balaban J connectivity index is 1.41. The summed E-state index contributed by atoms with van der Waals surface area (Å²) >= 11 is 0. The van der Waals surface area contributed by atoms with Crippen LogP contribution in [-0.2, 0) is 0 Å². The molecule has 162 valence electrons. The molecule has 28 heavy (non-hydrogen) atoms. The van der Waals surface area contributed by atoms with Gasteiger partial charge in [0, 0.05) is 0 Å². The second kappa shape index (κ2) is 7.56. The molecule has 0 amide bonds. The van der Waals surface area contributed by atoms with Crippen molar-refractivity contribution in [1.29, 1.82) is 0 Å². The first-order valence-electron chi connectivity index (χ1n) is 12.5. The number of hydrogen-bond donors (Lipinski definition) is 2. The van der Waals surface area contributed by atoms with E-state index in [2.05, 4.69) is 13.8 Å². The minimum Gasteiger partial charge on any atom is -0.393 e. The topological polar surface area (TPSA) is 40.5 Å². The number of hydrogen-bond acceptors (Lipinski definition) is 2. The van der Waals surface area contributed by atoms with Crippen molar-refractivity contribution < 1.29 is 10.2 Å². The Kier molecular flexibility index (Phi) is 5.71. The smallest absolute Gasteiger partial charge is 0.0591 e. The van der Waals surface area contributed by atoms with Gasteiger partial charge in [-0.25, -0.2) is 0 Å². The third-order valence-electron chi connectivity index (χ3n) is 10.4. The van der Waals surface area contributed by atoms with E-state index in [0.29, 0.717) is 10.8 Å². The van der Waals surface area contributed by atoms with Crippen molar-refractivity contribution in [2.75, 3.05) is 0 Å². The lowest BCUT2D eigenvalue weighted by atomic mass is 9.44. The van der Waals surface area contributed by atoms with Gasteiger partial charge in [-0.05, 0) is 125 Å². The third kappa shape index (κ3) is 3.70. The number of unbranched alkanes of at least 4 members (excludes halogenated alkanes) is 1. The molecule has 0 saturated heterocycles. The van der Waals surface area contributed by atoms with E-state index in [9.17, 15) is 10.2 Å². The highest BCUT2D eigenvalue weighted by Crippen LogP contribution is 2.67. The first kappa shape index (κ1) is 21.2. The van der Waals surface area contributed by atoms with Crippen LogP contribution >= 0.6 is 0 Å². The van der Waals surface area contributed by atoms with Crippen LogP contribution in [0.1, 0.15) is 111 Å². The monoisotopic (exact) mass is 390 g/mol. The van der Waals surface area contributed by atoms with Crippen LogP contribution in [0.4, 0.5) is 0 Å². The van der Waals surface area contributed by atoms with E-state index in [1.54, 1.807) is 0 Å². The van der Waals surface area contributed by atoms with Gasteiger partial charge in [0.1, 0.15) is 0 Å². The molecular formula is C26H46O2. The van der Waals surface area contributed by atoms with Crippen molar-refractivity contribution >= 4 is 0 Å². The molecule has 0 heterocycles. The number of rotatable bonds is 5. The molecule has 4 aliphatic carbocycles. The zero-order valence-corrected chi connectivity index (χ0v) is 19.1. The maximum Gasteiger partial charge on any atom is 0.0591 e. The molecule has 0 spiro atoms. The van der Waals surface area contributed by atoms with E-state index in [-0.39, 0.29) is 6.10 Å². The number of fused-ring (bicyclic) bond motifs is 5. The second-order valence-corrected chi connectivity index (χ2v) is 12.5. The van der Waals surface area contributed by atoms with Crippen LogP contribution in [0.3, 0.4) is 0 Å². The molecule has 2 heteroatoms. The fourth-order valence-corrected chi connectivity index (χ4v) is 8.77. The predicted octanol–water partition coefficient (Wildman–Crippen LogP) is 6.34. The van der Waals surface area contributed by atoms with Crippen molar-refractivity contribution in [3.8, 4) is 0 Å². The summed E-state index contributed by atoms with van der Waals surface area (Å²) in [4.78, 5) is 0. The normalized spacial score (nSPS) is 48.6. The zero-order chi connectivity index (χ0) is 20.2. The lowest BCUT2D eigenvalue weighted by molar-refractivity contribution is -0.127. The molecule has 0 aromatic rings. The largest absolute Gasteiger partial charge is 0.393 e. The van der Waals surface area contributed by atoms with Gasteiger partial charge in [0.25, 0.3) is 0 Å². The van der Waals surface area contributed by atoms with E-state index in [4.69, 9.17) is 0 Å². The fraction of sp³-hybridized carbons (Fsp3) is 1.00. The van der Waals surface area contributed by atoms with Gasteiger partial charge in [-0.2, -0.15) is 0 Å². The Labute approximate surface area is 173 Å². The van der Waals surface area contributed by atoms with Crippen molar-refractivity contribution in [1.82, 2.24) is 0 Å². The molecule has 4 aliphatic rings. The highest BCUT2D eigenvalue weighted by molar-refractivity contribution is 5.09. The molecule has 0 bridgehead atoms. The van der Waals surface area contributed by atoms with E-state index >= 15 is 0 Å². The Morgan fingerprint density at radius 1 is 0.857 bits per heavy atom. The van der Waals surface area contributed by atoms with Crippen molar-refractivity contribution in [2.24, 2.45) is 40.4 Å². The van der Waals surface area contributed by atoms with Gasteiger partial charge >= 0.3 is 0 Å². The van der Waals surface area contributed by atoms with Crippen LogP contribution in [0.25, 0.3) is 0 Å². The second-order valence-electron chi connectivity index (χ2n) is 12.5. The molecule has 4 fully saturated rings. The molecule has 2 N–H and O–H groups in total. The maximum atomic E-state index is 10.2. The molecule has 0 aliphatic heterocycles. The summed E-state index contributed by atoms with van der Waals surface area (Å²) in [5, 5.41) is 20.2. The minimum absolute atomic E-state index is 0.0248. The summed E-state index contributed by atoms with van der Waals surface area (Å²) in [5.74, 6) is 4.53. The van der Waals surface area contributed by atoms with Crippen molar-refractivity contribution in [3.63, 3.8) is 0 Å². The van der Waals surface area contributed by atoms with Gasteiger partial charge in [0.05, 0.1) is 11.7 Å². The van der Waals surface area contributed by atoms with E-state index in [0.717, 1.165) is 48.9 Å². The summed E-state index contributed by atoms with van der Waals surface area (Å²) in [6.45, 7) is 9.15. The van der Waals surface area contributed by atoms with Gasteiger partial charge in [0.2, 0.25) is 0 Å². The Hall–Kier alpha value is -0.0800. The number of aliphatic hydroxyl groups is 2. The highest BCUT2D eigenvalue weighted by Gasteiger charge is 2.59. The number of aliphatic hydroxyl groups excluding tert-OH is 1. The molecule has 0 aromatic heterocycles. The van der Waals surface area contributed by atoms with E-state index in [1.165, 1.54) is 64.2 Å². The molecule has 4 rings (SSSR count). The van der Waals surface area contributed by atoms with Crippen molar-refractivity contribution in [3.05, 3.63) is 0 Å². The molecule has 4 saturated carbocycles. The average Bonchev–Trinajstić information content (AvgIpc) is 2.95. The Morgan fingerprint density at radius 3 is 2.32 bits per heavy atom. The van der Waals surface area contributed by atoms with E-state index < -0.39 is 5.60 Å². The van der Waals surface area contributed by atoms with Gasteiger partial charge in [0.15, 0.2) is 0 Å². The molecule has 8 unspecified atom stereocenters. The van der Waals surface area contributed by atoms with Gasteiger partial charge < -0.3 is 10.2 Å². The summed E-state index contributed by atoms with van der Waals surface area (Å²) in [7, 11) is 0. The minimum atomic E-state index is -0.498. The summed E-state index contributed by atoms with van der Waals surface area (Å²) < 4.78 is 0. The standard InChI is InChI=1S/C26H46O2/c1-24(2,28)14-6-5-7-18-9-11-22-21-10-8-19-17-20(27)12-15-26(19,4)23(21)13-16-25(18,22)3/h18-23,27-28H,5-17H2,1-4H3. The van der Waals surface area contributed by atoms with Crippen LogP contribution in [0, 0.1) is 40.4 Å². The molecule has 0 aromatic carbocycles. The first-order chi connectivity index (χ1) is 13.1. The summed E-state index contributed by atoms with van der Waals surface area (Å²) in [6.07, 6.45) is 16.8. The quantitative estimate of drug-likeness (QED) is 0.538. The van der Waals surface area contributed by atoms with E-state index in [1.807, 2.05) is 13.8 Å². The summed E-state index contributed by atoms with van der Waals surface area (Å²) in [5.41, 5.74) is 0.587. The lowest BCUT2D eigenvalue weighted by Gasteiger charge is -2.61. The molecule has 0 radical (unpaired) electrons. The van der Waals surface area contributed by atoms with Crippen LogP contribution < -0.4 is 0 Å². The third-order valence-corrected chi connectivity index (χ3v) is 10.4. The van der Waals surface area contributed by atoms with Crippen LogP contribution in [-0.4, -0.2) is 21.9 Å². The van der Waals surface area contributed by atoms with Crippen LogP contribution in [0.5, 0.6) is 0 Å². The molecule has 2 nitrogen and oxygen atoms in total. The van der Waals surface area contributed by atoms with Crippen molar-refractivity contribution in [2.45, 2.75) is 123 Å². The van der Waals surface area contributed by atoms with Gasteiger partial charge in [-0.15, -0.1) is 0 Å². The van der Waals surface area contributed by atoms with Crippen LogP contribution in [0.15, 0.2) is 0 Å². The maximum absolute atomic E-state index is 10.2. The summed E-state index contributed by atoms with van der Waals surface area (Å²) in [6, 6.07) is 0. The molecule has 8 atom stereocenters. The van der Waals surface area contributed by atoms with Gasteiger partial charge in [-0.1, -0.05) is 26.7 Å². The Morgan fingerprint density at radius 2 is 1.57 bits per heavy atom. The van der Waals surface area contributed by atoms with Crippen LogP contribution in [0.2, 0.25) is 0 Å². The first-order valence-corrected chi connectivity index (χ1v) is 12.5. The predicted molar refractivity (Wildman–Crippen MR) is 116 cm³/mol. The highest BCUT2D eigenvalue weighted by atomic mass is 16.3. The SMILES string of the molecule is CC(C)(O)CCCCC1CCC2C3CCC4CC(O)CCC4(C)C3CCC12C.